The Morgan fingerprint density at radius 1 is 1.33 bits per heavy atom. The van der Waals surface area contributed by atoms with Gasteiger partial charge < -0.3 is 14.5 Å². The van der Waals surface area contributed by atoms with Gasteiger partial charge in [-0.3, -0.25) is 9.48 Å². The molecule has 0 aromatic carbocycles. The number of imidazole rings is 1. The summed E-state index contributed by atoms with van der Waals surface area (Å²) in [6.45, 7) is 4.36. The summed E-state index contributed by atoms with van der Waals surface area (Å²) in [6.07, 6.45) is 3.98. The van der Waals surface area contributed by atoms with Crippen molar-refractivity contribution in [2.75, 3.05) is 13.1 Å². The Kier molecular flexibility index (Phi) is 3.84. The normalized spacial score (nSPS) is 15.8. The summed E-state index contributed by atoms with van der Waals surface area (Å²) in [6, 6.07) is 0. The lowest BCUT2D eigenvalue weighted by molar-refractivity contribution is -0.132. The van der Waals surface area contributed by atoms with Crippen LogP contribution in [-0.2, 0) is 18.4 Å². The van der Waals surface area contributed by atoms with Gasteiger partial charge in [-0.2, -0.15) is 5.10 Å². The van der Waals surface area contributed by atoms with E-state index in [-0.39, 0.29) is 5.91 Å². The third kappa shape index (κ3) is 2.62. The van der Waals surface area contributed by atoms with Gasteiger partial charge in [0.25, 0.3) is 0 Å². The Bertz CT molecular complexity index is 720. The van der Waals surface area contributed by atoms with Crippen molar-refractivity contribution < 1.29 is 4.79 Å². The lowest BCUT2D eigenvalue weighted by atomic mass is 10.1. The van der Waals surface area contributed by atoms with Gasteiger partial charge in [-0.25, -0.2) is 0 Å². The van der Waals surface area contributed by atoms with Crippen LogP contribution in [0.4, 0.5) is 0 Å². The molecule has 2 aromatic heterocycles. The van der Waals surface area contributed by atoms with Gasteiger partial charge in [-0.15, -0.1) is 0 Å². The summed E-state index contributed by atoms with van der Waals surface area (Å²) in [7, 11) is 1.90. The molecule has 0 saturated carbocycles. The predicted octanol–water partition coefficient (Wildman–Crippen LogP) is 2.14. The molecule has 1 fully saturated rings. The SMILES string of the molecule is Cc1nn(C)c2c1[nH]c(=S)n2CCC(=O)N1CCCCC1. The van der Waals surface area contributed by atoms with Crippen molar-refractivity contribution in [1.82, 2.24) is 24.2 Å². The summed E-state index contributed by atoms with van der Waals surface area (Å²) >= 11 is 5.38. The molecule has 6 nitrogen and oxygen atoms in total. The van der Waals surface area contributed by atoms with Gasteiger partial charge in [0.05, 0.1) is 5.69 Å². The van der Waals surface area contributed by atoms with Crippen LogP contribution in [-0.4, -0.2) is 43.2 Å². The maximum atomic E-state index is 12.3. The van der Waals surface area contributed by atoms with Crippen LogP contribution >= 0.6 is 12.2 Å². The molecule has 1 aliphatic rings. The van der Waals surface area contributed by atoms with Gasteiger partial charge >= 0.3 is 0 Å². The van der Waals surface area contributed by atoms with Crippen LogP contribution in [0.2, 0.25) is 0 Å². The zero-order chi connectivity index (χ0) is 15.0. The third-order valence-corrected chi connectivity index (χ3v) is 4.51. The summed E-state index contributed by atoms with van der Waals surface area (Å²) in [5.74, 6) is 0.227. The first-order valence-corrected chi connectivity index (χ1v) is 7.88. The van der Waals surface area contributed by atoms with Crippen molar-refractivity contribution in [2.45, 2.75) is 39.2 Å². The van der Waals surface area contributed by atoms with Crippen molar-refractivity contribution in [3.05, 3.63) is 10.5 Å². The number of carbonyl (C=O) groups is 1. The van der Waals surface area contributed by atoms with E-state index in [0.717, 1.165) is 42.8 Å². The minimum atomic E-state index is 0.227. The number of nitrogens with one attached hydrogen (secondary N) is 1. The van der Waals surface area contributed by atoms with E-state index in [9.17, 15) is 4.79 Å². The number of likely N-dealkylation sites (tertiary alicyclic amines) is 1. The molecule has 0 spiro atoms. The van der Waals surface area contributed by atoms with Crippen molar-refractivity contribution >= 4 is 29.3 Å². The van der Waals surface area contributed by atoms with Crippen LogP contribution in [0.5, 0.6) is 0 Å². The second kappa shape index (κ2) is 5.63. The van der Waals surface area contributed by atoms with Crippen LogP contribution in [0.15, 0.2) is 0 Å². The Morgan fingerprint density at radius 3 is 2.76 bits per heavy atom. The fraction of sp³-hybridized carbons (Fsp3) is 0.643. The fourth-order valence-electron chi connectivity index (χ4n) is 3.09. The number of hydrogen-bond donors (Lipinski definition) is 1. The molecule has 3 heterocycles. The van der Waals surface area contributed by atoms with Crippen molar-refractivity contribution in [2.24, 2.45) is 7.05 Å². The molecule has 21 heavy (non-hydrogen) atoms. The number of aromatic nitrogens is 4. The Morgan fingerprint density at radius 2 is 2.05 bits per heavy atom. The minimum Gasteiger partial charge on any atom is -0.343 e. The predicted molar refractivity (Wildman–Crippen MR) is 83.7 cm³/mol. The highest BCUT2D eigenvalue weighted by Crippen LogP contribution is 2.18. The van der Waals surface area contributed by atoms with Gasteiger partial charge in [0.2, 0.25) is 5.91 Å². The molecule has 114 valence electrons. The number of hydrogen-bond acceptors (Lipinski definition) is 3. The molecule has 1 amide bonds. The summed E-state index contributed by atoms with van der Waals surface area (Å²) in [5, 5.41) is 4.39. The summed E-state index contributed by atoms with van der Waals surface area (Å²) in [5.41, 5.74) is 2.86. The average molecular weight is 307 g/mol. The Hall–Kier alpha value is -1.63. The smallest absolute Gasteiger partial charge is 0.224 e. The number of carbonyl (C=O) groups excluding carboxylic acids is 1. The first-order chi connectivity index (χ1) is 10.1. The Labute approximate surface area is 128 Å². The van der Waals surface area contributed by atoms with Crippen LogP contribution in [0, 0.1) is 11.7 Å². The van der Waals surface area contributed by atoms with Gasteiger partial charge in [0.1, 0.15) is 5.52 Å². The number of nitrogens with zero attached hydrogens (tertiary/aromatic N) is 4. The van der Waals surface area contributed by atoms with E-state index in [1.54, 1.807) is 0 Å². The largest absolute Gasteiger partial charge is 0.343 e. The minimum absolute atomic E-state index is 0.227. The highest BCUT2D eigenvalue weighted by Gasteiger charge is 2.18. The van der Waals surface area contributed by atoms with Crippen LogP contribution in [0.1, 0.15) is 31.4 Å². The first kappa shape index (κ1) is 14.3. The van der Waals surface area contributed by atoms with Crippen LogP contribution in [0.25, 0.3) is 11.2 Å². The van der Waals surface area contributed by atoms with Crippen LogP contribution in [0.3, 0.4) is 0 Å². The standard InChI is InChI=1S/C14H21N5OS/c1-10-12-13(17(2)16-10)19(14(21)15-12)9-6-11(20)18-7-4-3-5-8-18/h3-9H2,1-2H3,(H,15,21). The monoisotopic (exact) mass is 307 g/mol. The van der Waals surface area contributed by atoms with E-state index in [4.69, 9.17) is 12.2 Å². The van der Waals surface area contributed by atoms with Crippen LogP contribution < -0.4 is 0 Å². The molecular weight excluding hydrogens is 286 g/mol. The number of piperidine rings is 1. The van der Waals surface area contributed by atoms with Crippen molar-refractivity contribution in [1.29, 1.82) is 0 Å². The number of fused-ring (bicyclic) bond motifs is 1. The van der Waals surface area contributed by atoms with Crippen molar-refractivity contribution in [3.63, 3.8) is 0 Å². The molecule has 0 radical (unpaired) electrons. The van der Waals surface area contributed by atoms with E-state index in [2.05, 4.69) is 10.1 Å². The molecule has 0 aliphatic carbocycles. The van der Waals surface area contributed by atoms with E-state index in [1.807, 2.05) is 28.1 Å². The second-order valence-electron chi connectivity index (χ2n) is 5.68. The maximum absolute atomic E-state index is 12.3. The summed E-state index contributed by atoms with van der Waals surface area (Å²) in [4.78, 5) is 17.4. The molecule has 0 bridgehead atoms. The number of aryl methyl sites for hydroxylation is 3. The molecule has 1 N–H and O–H groups in total. The van der Waals surface area contributed by atoms with Gasteiger partial charge in [-0.1, -0.05) is 0 Å². The fourth-order valence-corrected chi connectivity index (χ4v) is 3.37. The molecular formula is C14H21N5OS. The zero-order valence-electron chi connectivity index (χ0n) is 12.6. The number of H-pyrrole nitrogens is 1. The molecule has 1 saturated heterocycles. The van der Waals surface area contributed by atoms with E-state index < -0.39 is 0 Å². The maximum Gasteiger partial charge on any atom is 0.224 e. The van der Waals surface area contributed by atoms with Crippen molar-refractivity contribution in [3.8, 4) is 0 Å². The highest BCUT2D eigenvalue weighted by molar-refractivity contribution is 7.71. The lowest BCUT2D eigenvalue weighted by Crippen LogP contribution is -2.36. The highest BCUT2D eigenvalue weighted by atomic mass is 32.1. The summed E-state index contributed by atoms with van der Waals surface area (Å²) < 4.78 is 4.46. The molecule has 1 aliphatic heterocycles. The van der Waals surface area contributed by atoms with E-state index in [0.29, 0.717) is 17.7 Å². The van der Waals surface area contributed by atoms with Gasteiger partial charge in [0, 0.05) is 33.1 Å². The van der Waals surface area contributed by atoms with Gasteiger partial charge in [0.15, 0.2) is 10.4 Å². The number of amides is 1. The Balaban J connectivity index is 1.77. The molecule has 0 unspecified atom stereocenters. The topological polar surface area (TPSA) is 58.9 Å². The molecule has 0 atom stereocenters. The molecule has 7 heteroatoms. The van der Waals surface area contributed by atoms with E-state index >= 15 is 0 Å². The lowest BCUT2D eigenvalue weighted by Gasteiger charge is -2.26. The third-order valence-electron chi connectivity index (χ3n) is 4.18. The quantitative estimate of drug-likeness (QED) is 0.884. The average Bonchev–Trinajstić information content (AvgIpc) is 2.95. The zero-order valence-corrected chi connectivity index (χ0v) is 13.4. The van der Waals surface area contributed by atoms with Gasteiger partial charge in [-0.05, 0) is 38.4 Å². The number of rotatable bonds is 3. The van der Waals surface area contributed by atoms with E-state index in [1.165, 1.54) is 6.42 Å². The first-order valence-electron chi connectivity index (χ1n) is 7.48. The number of aromatic amines is 1. The molecule has 2 aromatic rings. The molecule has 3 rings (SSSR count). The second-order valence-corrected chi connectivity index (χ2v) is 6.07.